The molecule has 0 aromatic carbocycles. The molecular formula is C15H25NO4. The highest BCUT2D eigenvalue weighted by Gasteiger charge is 2.34. The lowest BCUT2D eigenvalue weighted by molar-refractivity contribution is -0.146. The second kappa shape index (κ2) is 7.07. The molecule has 2 rings (SSSR count). The van der Waals surface area contributed by atoms with E-state index in [0.29, 0.717) is 12.8 Å². The summed E-state index contributed by atoms with van der Waals surface area (Å²) >= 11 is 0. The minimum absolute atomic E-state index is 0.0894. The predicted octanol–water partition coefficient (Wildman–Crippen LogP) is 1.90. The fraction of sp³-hybridized carbons (Fsp3) is 0.867. The van der Waals surface area contributed by atoms with E-state index in [0.717, 1.165) is 45.4 Å². The second-order valence-corrected chi connectivity index (χ2v) is 5.88. The van der Waals surface area contributed by atoms with Gasteiger partial charge in [-0.05, 0) is 39.0 Å². The average molecular weight is 283 g/mol. The van der Waals surface area contributed by atoms with Gasteiger partial charge in [0.15, 0.2) is 0 Å². The molecule has 5 heteroatoms. The fourth-order valence-corrected chi connectivity index (χ4v) is 3.38. The van der Waals surface area contributed by atoms with E-state index in [4.69, 9.17) is 9.84 Å². The van der Waals surface area contributed by atoms with Crippen LogP contribution in [0.3, 0.4) is 0 Å². The van der Waals surface area contributed by atoms with Crippen LogP contribution in [0.25, 0.3) is 0 Å². The van der Waals surface area contributed by atoms with Gasteiger partial charge < -0.3 is 14.7 Å². The molecule has 114 valence electrons. The molecule has 1 aliphatic heterocycles. The smallest absolute Gasteiger partial charge is 0.306 e. The number of hydrogen-bond donors (Lipinski definition) is 1. The van der Waals surface area contributed by atoms with Crippen molar-refractivity contribution >= 4 is 11.9 Å². The Morgan fingerprint density at radius 3 is 2.40 bits per heavy atom. The summed E-state index contributed by atoms with van der Waals surface area (Å²) < 4.78 is 5.59. The first-order valence-electron chi connectivity index (χ1n) is 7.75. The largest absolute Gasteiger partial charge is 0.481 e. The lowest BCUT2D eigenvalue weighted by Gasteiger charge is -2.35. The van der Waals surface area contributed by atoms with Crippen LogP contribution < -0.4 is 0 Å². The summed E-state index contributed by atoms with van der Waals surface area (Å²) in [4.78, 5) is 25.5. The summed E-state index contributed by atoms with van der Waals surface area (Å²) in [5, 5.41) is 9.10. The van der Waals surface area contributed by atoms with Crippen molar-refractivity contribution in [2.45, 2.75) is 51.6 Å². The van der Waals surface area contributed by atoms with Gasteiger partial charge in [-0.15, -0.1) is 0 Å². The maximum atomic E-state index is 12.5. The Labute approximate surface area is 120 Å². The van der Waals surface area contributed by atoms with Crippen LogP contribution >= 0.6 is 0 Å². The third-order valence-electron chi connectivity index (χ3n) is 4.53. The van der Waals surface area contributed by atoms with Crippen LogP contribution in [0.15, 0.2) is 0 Å². The van der Waals surface area contributed by atoms with Crippen molar-refractivity contribution in [3.63, 3.8) is 0 Å². The highest BCUT2D eigenvalue weighted by Crippen LogP contribution is 2.31. The molecule has 1 N–H and O–H groups in total. The van der Waals surface area contributed by atoms with E-state index in [-0.39, 0.29) is 23.8 Å². The van der Waals surface area contributed by atoms with Gasteiger partial charge in [0.2, 0.25) is 5.91 Å². The third kappa shape index (κ3) is 3.72. The van der Waals surface area contributed by atoms with Crippen molar-refractivity contribution in [2.75, 3.05) is 19.7 Å². The number of carboxylic acids is 1. The van der Waals surface area contributed by atoms with E-state index < -0.39 is 5.97 Å². The minimum atomic E-state index is -0.752. The van der Waals surface area contributed by atoms with E-state index in [9.17, 15) is 9.59 Å². The maximum Gasteiger partial charge on any atom is 0.306 e. The zero-order chi connectivity index (χ0) is 14.5. The maximum absolute atomic E-state index is 12.5. The molecule has 1 saturated carbocycles. The lowest BCUT2D eigenvalue weighted by Crippen LogP contribution is -2.45. The van der Waals surface area contributed by atoms with Crippen molar-refractivity contribution in [1.82, 2.24) is 4.90 Å². The van der Waals surface area contributed by atoms with Gasteiger partial charge in [0, 0.05) is 25.6 Å². The average Bonchev–Trinajstić information content (AvgIpc) is 2.48. The number of carboxylic acid groups (broad SMARTS) is 1. The van der Waals surface area contributed by atoms with Gasteiger partial charge >= 0.3 is 5.97 Å². The number of carbonyl (C=O) groups is 2. The Morgan fingerprint density at radius 1 is 1.15 bits per heavy atom. The van der Waals surface area contributed by atoms with Crippen LogP contribution in [-0.4, -0.2) is 47.7 Å². The number of piperidine rings is 1. The number of ether oxygens (including phenoxy) is 1. The quantitative estimate of drug-likeness (QED) is 0.855. The molecule has 0 aromatic heterocycles. The van der Waals surface area contributed by atoms with Gasteiger partial charge in [0.1, 0.15) is 0 Å². The molecule has 1 heterocycles. The van der Waals surface area contributed by atoms with Crippen LogP contribution in [-0.2, 0) is 14.3 Å². The van der Waals surface area contributed by atoms with Crippen molar-refractivity contribution in [3.05, 3.63) is 0 Å². The molecule has 20 heavy (non-hydrogen) atoms. The van der Waals surface area contributed by atoms with E-state index in [1.54, 1.807) is 0 Å². The standard InChI is InChI=1S/C15H25NO4/c1-2-20-13-6-8-16(9-7-13)14(17)11-4-3-5-12(10-11)15(18)19/h11-13H,2-10H2,1H3,(H,18,19)/t11-,12+/m0/s1. The molecule has 5 nitrogen and oxygen atoms in total. The number of carbonyl (C=O) groups excluding carboxylic acids is 1. The molecule has 1 aliphatic carbocycles. The first kappa shape index (κ1) is 15.3. The fourth-order valence-electron chi connectivity index (χ4n) is 3.38. The summed E-state index contributed by atoms with van der Waals surface area (Å²) in [6.45, 7) is 4.21. The third-order valence-corrected chi connectivity index (χ3v) is 4.53. The number of nitrogens with zero attached hydrogens (tertiary/aromatic N) is 1. The summed E-state index contributed by atoms with van der Waals surface area (Å²) in [7, 11) is 0. The Hall–Kier alpha value is -1.10. The number of likely N-dealkylation sites (tertiary alicyclic amines) is 1. The highest BCUT2D eigenvalue weighted by atomic mass is 16.5. The van der Waals surface area contributed by atoms with Gasteiger partial charge in [-0.1, -0.05) is 6.42 Å². The van der Waals surface area contributed by atoms with Gasteiger partial charge in [-0.3, -0.25) is 9.59 Å². The molecule has 2 atom stereocenters. The SMILES string of the molecule is CCOC1CCN(C(=O)[C@H]2CCC[C@@H](C(=O)O)C2)CC1. The van der Waals surface area contributed by atoms with Crippen LogP contribution in [0.4, 0.5) is 0 Å². The summed E-state index contributed by atoms with van der Waals surface area (Å²) in [5.41, 5.74) is 0. The Bertz CT molecular complexity index is 350. The molecule has 0 bridgehead atoms. The van der Waals surface area contributed by atoms with E-state index in [2.05, 4.69) is 0 Å². The van der Waals surface area contributed by atoms with Crippen LogP contribution in [0.1, 0.15) is 45.4 Å². The predicted molar refractivity (Wildman–Crippen MR) is 74.3 cm³/mol. The number of amides is 1. The van der Waals surface area contributed by atoms with Gasteiger partial charge in [-0.25, -0.2) is 0 Å². The zero-order valence-electron chi connectivity index (χ0n) is 12.2. The van der Waals surface area contributed by atoms with Crippen LogP contribution in [0.5, 0.6) is 0 Å². The van der Waals surface area contributed by atoms with Crippen molar-refractivity contribution < 1.29 is 19.4 Å². The minimum Gasteiger partial charge on any atom is -0.481 e. The lowest BCUT2D eigenvalue weighted by atomic mass is 9.80. The first-order valence-corrected chi connectivity index (χ1v) is 7.75. The monoisotopic (exact) mass is 283 g/mol. The van der Waals surface area contributed by atoms with E-state index in [1.807, 2.05) is 11.8 Å². The molecule has 0 aromatic rings. The second-order valence-electron chi connectivity index (χ2n) is 5.88. The van der Waals surface area contributed by atoms with Gasteiger partial charge in [0.05, 0.1) is 12.0 Å². The van der Waals surface area contributed by atoms with Crippen LogP contribution in [0, 0.1) is 11.8 Å². The molecule has 1 saturated heterocycles. The van der Waals surface area contributed by atoms with Crippen molar-refractivity contribution in [2.24, 2.45) is 11.8 Å². The van der Waals surface area contributed by atoms with Crippen molar-refractivity contribution in [1.29, 1.82) is 0 Å². The Balaban J connectivity index is 1.84. The highest BCUT2D eigenvalue weighted by molar-refractivity contribution is 5.80. The molecule has 0 radical (unpaired) electrons. The molecule has 1 amide bonds. The molecule has 0 spiro atoms. The first-order chi connectivity index (χ1) is 9.61. The molecule has 2 fully saturated rings. The Kier molecular flexibility index (Phi) is 5.40. The summed E-state index contributed by atoms with van der Waals surface area (Å²) in [6.07, 6.45) is 4.99. The summed E-state index contributed by atoms with van der Waals surface area (Å²) in [5.74, 6) is -1.02. The van der Waals surface area contributed by atoms with Crippen molar-refractivity contribution in [3.8, 4) is 0 Å². The van der Waals surface area contributed by atoms with E-state index >= 15 is 0 Å². The molecule has 2 aliphatic rings. The van der Waals surface area contributed by atoms with Gasteiger partial charge in [0.25, 0.3) is 0 Å². The number of rotatable bonds is 4. The summed E-state index contributed by atoms with van der Waals surface area (Å²) in [6, 6.07) is 0. The Morgan fingerprint density at radius 2 is 1.80 bits per heavy atom. The normalized spacial score (nSPS) is 28.4. The zero-order valence-corrected chi connectivity index (χ0v) is 12.2. The number of aliphatic carboxylic acids is 1. The van der Waals surface area contributed by atoms with E-state index in [1.165, 1.54) is 0 Å². The topological polar surface area (TPSA) is 66.8 Å². The molecular weight excluding hydrogens is 258 g/mol. The van der Waals surface area contributed by atoms with Crippen LogP contribution in [0.2, 0.25) is 0 Å². The molecule has 0 unspecified atom stereocenters. The number of hydrogen-bond acceptors (Lipinski definition) is 3. The van der Waals surface area contributed by atoms with Gasteiger partial charge in [-0.2, -0.15) is 0 Å².